The van der Waals surface area contributed by atoms with E-state index in [0.29, 0.717) is 10.8 Å². The monoisotopic (exact) mass is 395 g/mol. The van der Waals surface area contributed by atoms with Crippen LogP contribution in [0.3, 0.4) is 0 Å². The quantitative estimate of drug-likeness (QED) is 0.387. The SMILES string of the molecule is Nc1cc(F)ccc1C(=O)OCC(=O)NNC(=O)COc1ccc(Cl)cc1. The maximum Gasteiger partial charge on any atom is 0.340 e. The summed E-state index contributed by atoms with van der Waals surface area (Å²) in [7, 11) is 0. The van der Waals surface area contributed by atoms with Gasteiger partial charge in [0.2, 0.25) is 0 Å². The minimum atomic E-state index is -0.903. The van der Waals surface area contributed by atoms with E-state index < -0.39 is 30.2 Å². The summed E-state index contributed by atoms with van der Waals surface area (Å²) in [6.45, 7) is -1.03. The predicted octanol–water partition coefficient (Wildman–Crippen LogP) is 1.44. The van der Waals surface area contributed by atoms with E-state index in [1.54, 1.807) is 24.3 Å². The Morgan fingerprint density at radius 3 is 2.26 bits per heavy atom. The van der Waals surface area contributed by atoms with Crippen molar-refractivity contribution in [2.24, 2.45) is 0 Å². The molecule has 0 aliphatic heterocycles. The topological polar surface area (TPSA) is 120 Å². The highest BCUT2D eigenvalue weighted by Crippen LogP contribution is 2.15. The summed E-state index contributed by atoms with van der Waals surface area (Å²) in [6.07, 6.45) is 0. The van der Waals surface area contributed by atoms with Crippen LogP contribution in [0.5, 0.6) is 5.75 Å². The van der Waals surface area contributed by atoms with E-state index in [1.807, 2.05) is 0 Å². The Kier molecular flexibility index (Phi) is 6.95. The average Bonchev–Trinajstić information content (AvgIpc) is 2.64. The number of benzene rings is 2. The van der Waals surface area contributed by atoms with Crippen molar-refractivity contribution in [1.82, 2.24) is 10.9 Å². The first-order valence-electron chi connectivity index (χ1n) is 7.53. The second kappa shape index (κ2) is 9.39. The van der Waals surface area contributed by atoms with Crippen molar-refractivity contribution in [3.8, 4) is 5.75 Å². The van der Waals surface area contributed by atoms with Crippen molar-refractivity contribution in [1.29, 1.82) is 0 Å². The van der Waals surface area contributed by atoms with Crippen LogP contribution >= 0.6 is 11.6 Å². The Hall–Kier alpha value is -3.33. The highest BCUT2D eigenvalue weighted by molar-refractivity contribution is 6.30. The number of nitrogens with one attached hydrogen (secondary N) is 2. The molecule has 0 unspecified atom stereocenters. The van der Waals surface area contributed by atoms with Gasteiger partial charge in [-0.3, -0.25) is 20.4 Å². The number of nitrogens with two attached hydrogens (primary N) is 1. The van der Waals surface area contributed by atoms with Crippen molar-refractivity contribution >= 4 is 35.1 Å². The molecule has 0 spiro atoms. The van der Waals surface area contributed by atoms with Crippen LogP contribution in [0, 0.1) is 5.82 Å². The summed E-state index contributed by atoms with van der Waals surface area (Å²) in [6, 6.07) is 9.48. The Labute approximate surface area is 158 Å². The van der Waals surface area contributed by atoms with Gasteiger partial charge in [0.25, 0.3) is 11.8 Å². The smallest absolute Gasteiger partial charge is 0.340 e. The summed E-state index contributed by atoms with van der Waals surface area (Å²) in [5.74, 6) is -2.51. The Balaban J connectivity index is 1.70. The van der Waals surface area contributed by atoms with E-state index in [9.17, 15) is 18.8 Å². The van der Waals surface area contributed by atoms with E-state index in [1.165, 1.54) is 0 Å². The number of nitrogen functional groups attached to an aromatic ring is 1. The molecule has 4 N–H and O–H groups in total. The van der Waals surface area contributed by atoms with Gasteiger partial charge in [0, 0.05) is 10.7 Å². The molecular formula is C17H15ClFN3O5. The molecule has 0 saturated heterocycles. The summed E-state index contributed by atoms with van der Waals surface area (Å²) in [4.78, 5) is 35.0. The van der Waals surface area contributed by atoms with Crippen molar-refractivity contribution < 1.29 is 28.2 Å². The first-order valence-corrected chi connectivity index (χ1v) is 7.91. The maximum atomic E-state index is 12.9. The molecule has 10 heteroatoms. The number of amides is 2. The second-order valence-corrected chi connectivity index (χ2v) is 5.58. The van der Waals surface area contributed by atoms with E-state index in [2.05, 4.69) is 10.9 Å². The molecule has 2 aromatic rings. The third-order valence-electron chi connectivity index (χ3n) is 3.09. The van der Waals surface area contributed by atoms with Crippen LogP contribution < -0.4 is 21.3 Å². The maximum absolute atomic E-state index is 12.9. The van der Waals surface area contributed by atoms with Crippen LogP contribution in [0.2, 0.25) is 5.02 Å². The highest BCUT2D eigenvalue weighted by Gasteiger charge is 2.14. The van der Waals surface area contributed by atoms with Gasteiger partial charge in [-0.25, -0.2) is 9.18 Å². The molecular weight excluding hydrogens is 381 g/mol. The Morgan fingerprint density at radius 1 is 1.00 bits per heavy atom. The highest BCUT2D eigenvalue weighted by atomic mass is 35.5. The lowest BCUT2D eigenvalue weighted by Gasteiger charge is -2.10. The number of carbonyl (C=O) groups excluding carboxylic acids is 3. The second-order valence-electron chi connectivity index (χ2n) is 5.15. The number of hydrazine groups is 1. The minimum Gasteiger partial charge on any atom is -0.484 e. The summed E-state index contributed by atoms with van der Waals surface area (Å²) >= 11 is 5.72. The number of hydrogen-bond acceptors (Lipinski definition) is 6. The van der Waals surface area contributed by atoms with Crippen molar-refractivity contribution in [2.75, 3.05) is 18.9 Å². The zero-order valence-electron chi connectivity index (χ0n) is 13.8. The van der Waals surface area contributed by atoms with E-state index in [-0.39, 0.29) is 17.9 Å². The largest absolute Gasteiger partial charge is 0.484 e. The summed E-state index contributed by atoms with van der Waals surface area (Å²) in [5.41, 5.74) is 9.44. The first-order chi connectivity index (χ1) is 12.8. The number of anilines is 1. The van der Waals surface area contributed by atoms with Crippen molar-refractivity contribution in [3.05, 3.63) is 58.9 Å². The van der Waals surface area contributed by atoms with Crippen LogP contribution in [0.15, 0.2) is 42.5 Å². The Bertz CT molecular complexity index is 845. The number of esters is 1. The first kappa shape index (κ1) is 20.0. The molecule has 27 heavy (non-hydrogen) atoms. The number of halogens is 2. The predicted molar refractivity (Wildman–Crippen MR) is 94.3 cm³/mol. The van der Waals surface area contributed by atoms with Gasteiger partial charge in [0.05, 0.1) is 5.56 Å². The molecule has 8 nitrogen and oxygen atoms in total. The third kappa shape index (κ3) is 6.48. The van der Waals surface area contributed by atoms with Gasteiger partial charge in [-0.15, -0.1) is 0 Å². The summed E-state index contributed by atoms with van der Waals surface area (Å²) in [5, 5.41) is 0.524. The van der Waals surface area contributed by atoms with Gasteiger partial charge in [-0.1, -0.05) is 11.6 Å². The lowest BCUT2D eigenvalue weighted by molar-refractivity contribution is -0.131. The van der Waals surface area contributed by atoms with E-state index >= 15 is 0 Å². The third-order valence-corrected chi connectivity index (χ3v) is 3.34. The molecule has 0 bridgehead atoms. The molecule has 0 radical (unpaired) electrons. The average molecular weight is 396 g/mol. The van der Waals surface area contributed by atoms with Crippen molar-refractivity contribution in [3.63, 3.8) is 0 Å². The van der Waals surface area contributed by atoms with E-state index in [4.69, 9.17) is 26.8 Å². The van der Waals surface area contributed by atoms with Crippen LogP contribution in [0.25, 0.3) is 0 Å². The molecule has 2 amide bonds. The van der Waals surface area contributed by atoms with Gasteiger partial charge < -0.3 is 15.2 Å². The number of carbonyl (C=O) groups is 3. The fourth-order valence-corrected chi connectivity index (χ4v) is 1.95. The molecule has 2 rings (SSSR count). The van der Waals surface area contributed by atoms with Crippen molar-refractivity contribution in [2.45, 2.75) is 0 Å². The fraction of sp³-hybridized carbons (Fsp3) is 0.118. The zero-order chi connectivity index (χ0) is 19.8. The zero-order valence-corrected chi connectivity index (χ0v) is 14.6. The lowest BCUT2D eigenvalue weighted by Crippen LogP contribution is -2.45. The minimum absolute atomic E-state index is 0.0791. The lowest BCUT2D eigenvalue weighted by atomic mass is 10.2. The molecule has 0 aliphatic carbocycles. The Morgan fingerprint density at radius 2 is 1.63 bits per heavy atom. The van der Waals surface area contributed by atoms with Crippen LogP contribution in [0.4, 0.5) is 10.1 Å². The van der Waals surface area contributed by atoms with Gasteiger partial charge >= 0.3 is 5.97 Å². The van der Waals surface area contributed by atoms with E-state index in [0.717, 1.165) is 18.2 Å². The number of hydrogen-bond donors (Lipinski definition) is 3. The summed E-state index contributed by atoms with van der Waals surface area (Å²) < 4.78 is 22.9. The van der Waals surface area contributed by atoms with Crippen LogP contribution in [-0.2, 0) is 14.3 Å². The molecule has 0 saturated carbocycles. The molecule has 0 fully saturated rings. The molecule has 0 aromatic heterocycles. The van der Waals surface area contributed by atoms with Gasteiger partial charge in [-0.05, 0) is 42.5 Å². The number of ether oxygens (including phenoxy) is 2. The standard InChI is InChI=1S/C17H15ClFN3O5/c18-10-1-4-12(5-2-10)26-8-15(23)21-22-16(24)9-27-17(25)13-6-3-11(19)7-14(13)20/h1-7H,8-9,20H2,(H,21,23)(H,22,24). The normalized spacial score (nSPS) is 10.0. The molecule has 0 heterocycles. The van der Waals surface area contributed by atoms with Gasteiger partial charge in [0.15, 0.2) is 13.2 Å². The van der Waals surface area contributed by atoms with Crippen LogP contribution in [0.1, 0.15) is 10.4 Å². The molecule has 142 valence electrons. The molecule has 0 atom stereocenters. The number of rotatable bonds is 6. The van der Waals surface area contributed by atoms with Gasteiger partial charge in [0.1, 0.15) is 11.6 Å². The van der Waals surface area contributed by atoms with Crippen LogP contribution in [-0.4, -0.2) is 31.0 Å². The fourth-order valence-electron chi connectivity index (χ4n) is 1.82. The molecule has 0 aliphatic rings. The molecule has 2 aromatic carbocycles. The van der Waals surface area contributed by atoms with Gasteiger partial charge in [-0.2, -0.15) is 0 Å².